The Morgan fingerprint density at radius 2 is 1.93 bits per heavy atom. The fourth-order valence-electron chi connectivity index (χ4n) is 6.35. The summed E-state index contributed by atoms with van der Waals surface area (Å²) in [6.07, 6.45) is 1.41. The second-order valence-corrected chi connectivity index (χ2v) is 12.1. The second-order valence-electron chi connectivity index (χ2n) is 12.1. The zero-order valence-electron chi connectivity index (χ0n) is 24.3. The van der Waals surface area contributed by atoms with Gasteiger partial charge in [0.25, 0.3) is 0 Å². The summed E-state index contributed by atoms with van der Waals surface area (Å²) in [4.78, 5) is 36.1. The summed E-state index contributed by atoms with van der Waals surface area (Å²) in [5.74, 6) is 0.231. The minimum Gasteiger partial charge on any atom is -0.469 e. The van der Waals surface area contributed by atoms with Crippen LogP contribution < -0.4 is 20.7 Å². The number of ether oxygens (including phenoxy) is 1. The van der Waals surface area contributed by atoms with Crippen LogP contribution in [0.1, 0.15) is 62.1 Å². The molecule has 0 radical (unpaired) electrons. The number of carbonyl (C=O) groups is 2. The normalized spacial score (nSPS) is 24.3. The van der Waals surface area contributed by atoms with Crippen LogP contribution >= 0.6 is 0 Å². The third-order valence-electron chi connectivity index (χ3n) is 8.59. The lowest BCUT2D eigenvalue weighted by molar-refractivity contribution is -0.135. The van der Waals surface area contributed by atoms with Gasteiger partial charge >= 0.3 is 0 Å². The van der Waals surface area contributed by atoms with Gasteiger partial charge in [-0.25, -0.2) is 9.97 Å². The molecule has 1 spiro atoms. The lowest BCUT2D eigenvalue weighted by Gasteiger charge is -2.29. The zero-order chi connectivity index (χ0) is 30.0. The van der Waals surface area contributed by atoms with Crippen LogP contribution in [0.5, 0.6) is 5.75 Å². The van der Waals surface area contributed by atoms with Crippen molar-refractivity contribution >= 4 is 17.5 Å². The zero-order valence-corrected chi connectivity index (χ0v) is 24.3. The smallest absolute Gasteiger partial charge is 0.249 e. The van der Waals surface area contributed by atoms with Crippen molar-refractivity contribution in [3.63, 3.8) is 0 Å². The third kappa shape index (κ3) is 4.13. The number of aliphatic hydroxyl groups excluding tert-OH is 1. The Morgan fingerprint density at radius 3 is 2.67 bits per heavy atom. The molecule has 43 heavy (non-hydrogen) atoms. The maximum Gasteiger partial charge on any atom is 0.249 e. The van der Waals surface area contributed by atoms with Gasteiger partial charge in [-0.05, 0) is 35.1 Å². The number of benzene rings is 2. The number of nitrogens with zero attached hydrogens (tertiary/aromatic N) is 2. The van der Waals surface area contributed by atoms with Gasteiger partial charge in [-0.3, -0.25) is 9.59 Å². The van der Waals surface area contributed by atoms with Crippen molar-refractivity contribution in [3.8, 4) is 17.3 Å². The molecule has 3 aliphatic rings. The number of hydrogen-bond donors (Lipinski definition) is 4. The molecule has 0 saturated heterocycles. The van der Waals surface area contributed by atoms with Crippen LogP contribution in [-0.4, -0.2) is 45.3 Å². The third-order valence-corrected chi connectivity index (χ3v) is 8.59. The minimum absolute atomic E-state index is 0.135. The topological polar surface area (TPSA) is 152 Å². The van der Waals surface area contributed by atoms with Crippen LogP contribution in [0.3, 0.4) is 0 Å². The maximum atomic E-state index is 13.8. The molecule has 4 N–H and O–H groups in total. The van der Waals surface area contributed by atoms with Crippen molar-refractivity contribution in [3.05, 3.63) is 83.3 Å². The summed E-state index contributed by atoms with van der Waals surface area (Å²) in [6.45, 7) is 7.40. The molecule has 7 rings (SSSR count). The largest absolute Gasteiger partial charge is 0.469 e. The molecule has 4 bridgehead atoms. The molecule has 4 aromatic rings. The van der Waals surface area contributed by atoms with Gasteiger partial charge in [0.2, 0.25) is 23.6 Å². The van der Waals surface area contributed by atoms with E-state index < -0.39 is 41.6 Å². The van der Waals surface area contributed by atoms with Crippen molar-refractivity contribution in [1.82, 2.24) is 20.6 Å². The first-order valence-corrected chi connectivity index (χ1v) is 14.5. The molecule has 3 aliphatic heterocycles. The highest BCUT2D eigenvalue weighted by Gasteiger charge is 2.61. The molecule has 0 aliphatic carbocycles. The van der Waals surface area contributed by atoms with E-state index in [0.29, 0.717) is 17.2 Å². The van der Waals surface area contributed by atoms with E-state index in [1.54, 1.807) is 20.0 Å². The molecule has 3 unspecified atom stereocenters. The molecule has 5 heterocycles. The van der Waals surface area contributed by atoms with Crippen molar-refractivity contribution in [2.75, 3.05) is 5.32 Å². The van der Waals surface area contributed by atoms with Gasteiger partial charge in [-0.1, -0.05) is 58.0 Å². The summed E-state index contributed by atoms with van der Waals surface area (Å²) in [6, 6.07) is 12.1. The van der Waals surface area contributed by atoms with Crippen LogP contribution in [0.4, 0.5) is 5.69 Å². The number of fused-ring (bicyclic) bond motifs is 4. The molecule has 2 amide bonds. The van der Waals surface area contributed by atoms with E-state index in [0.717, 1.165) is 22.4 Å². The summed E-state index contributed by atoms with van der Waals surface area (Å²) < 4.78 is 19.0. The number of oxazole rings is 2. The number of hydrogen-bond acceptors (Lipinski definition) is 9. The van der Waals surface area contributed by atoms with Gasteiger partial charge < -0.3 is 34.6 Å². The standard InChI is InChI=1S/C32H33N5O6/c1-15(2)23-30-37-24(29-33-11-12-41-29)26(43-30)32-18-7-5-6-8-20(18)35-31(32)42-22-10-9-17(13-19(22)32)14-21(27(39)36-23)34-28(40)25(38)16(3)4/h5-13,15-16,21,23,25,31,35,38H,14H2,1-4H3,(H,34,40)(H,36,39)/t21?,23-,25-,31?,32?/m0/s1. The van der Waals surface area contributed by atoms with E-state index in [-0.39, 0.29) is 30.0 Å². The Balaban J connectivity index is 1.47. The minimum atomic E-state index is -1.26. The average molecular weight is 584 g/mol. The van der Waals surface area contributed by atoms with Gasteiger partial charge in [0.1, 0.15) is 35.6 Å². The predicted molar refractivity (Wildman–Crippen MR) is 155 cm³/mol. The molecule has 2 aromatic heterocycles. The first kappa shape index (κ1) is 27.2. The van der Waals surface area contributed by atoms with Crippen molar-refractivity contribution in [2.45, 2.75) is 63.9 Å². The fraction of sp³-hybridized carbons (Fsp3) is 0.375. The van der Waals surface area contributed by atoms with E-state index in [1.165, 1.54) is 6.26 Å². The molecule has 5 atom stereocenters. The van der Waals surface area contributed by atoms with Crippen LogP contribution in [0, 0.1) is 11.8 Å². The lowest BCUT2D eigenvalue weighted by atomic mass is 9.72. The molecule has 11 nitrogen and oxygen atoms in total. The molecule has 0 fully saturated rings. The summed E-state index contributed by atoms with van der Waals surface area (Å²) in [5.41, 5.74) is 2.91. The van der Waals surface area contributed by atoms with Crippen LogP contribution in [0.15, 0.2) is 63.8 Å². The van der Waals surface area contributed by atoms with Crippen molar-refractivity contribution in [2.24, 2.45) is 11.8 Å². The van der Waals surface area contributed by atoms with Crippen LogP contribution in [0.25, 0.3) is 11.6 Å². The van der Waals surface area contributed by atoms with E-state index in [1.807, 2.05) is 56.3 Å². The SMILES string of the molecule is CC(C)[C@H](O)C(=O)NC1Cc2ccc3c(c2)C2(c4ccccc4NC2O3)c2oc(nc2-c2ncco2)[C@H](C(C)C)NC1=O. The van der Waals surface area contributed by atoms with Crippen LogP contribution in [0.2, 0.25) is 0 Å². The highest BCUT2D eigenvalue weighted by molar-refractivity contribution is 5.90. The monoisotopic (exact) mass is 583 g/mol. The summed E-state index contributed by atoms with van der Waals surface area (Å²) in [5, 5.41) is 19.8. The molecule has 222 valence electrons. The Labute approximate surface area is 248 Å². The number of carbonyl (C=O) groups excluding carboxylic acids is 2. The number of amides is 2. The summed E-state index contributed by atoms with van der Waals surface area (Å²) in [7, 11) is 0. The van der Waals surface area contributed by atoms with E-state index >= 15 is 0 Å². The van der Waals surface area contributed by atoms with Gasteiger partial charge in [0, 0.05) is 17.7 Å². The number of nitrogens with one attached hydrogen (secondary N) is 3. The highest BCUT2D eigenvalue weighted by atomic mass is 16.5. The molecule has 2 aromatic carbocycles. The van der Waals surface area contributed by atoms with Gasteiger partial charge in [-0.15, -0.1) is 0 Å². The van der Waals surface area contributed by atoms with Crippen molar-refractivity contribution < 1.29 is 28.3 Å². The van der Waals surface area contributed by atoms with Gasteiger partial charge in [-0.2, -0.15) is 0 Å². The molecule has 11 heteroatoms. The van der Waals surface area contributed by atoms with Crippen LogP contribution in [-0.2, 0) is 21.4 Å². The quantitative estimate of drug-likeness (QED) is 0.276. The number of rotatable bonds is 5. The van der Waals surface area contributed by atoms with Gasteiger partial charge in [0.05, 0.1) is 6.20 Å². The number of aliphatic hydroxyl groups is 1. The summed E-state index contributed by atoms with van der Waals surface area (Å²) >= 11 is 0. The predicted octanol–water partition coefficient (Wildman–Crippen LogP) is 3.68. The Morgan fingerprint density at radius 1 is 1.12 bits per heavy atom. The fourth-order valence-corrected chi connectivity index (χ4v) is 6.35. The highest BCUT2D eigenvalue weighted by Crippen LogP contribution is 2.59. The van der Waals surface area contributed by atoms with E-state index in [4.69, 9.17) is 18.6 Å². The number of anilines is 1. The average Bonchev–Trinajstić information content (AvgIpc) is 3.76. The molecule has 0 saturated carbocycles. The van der Waals surface area contributed by atoms with Crippen molar-refractivity contribution in [1.29, 1.82) is 0 Å². The lowest BCUT2D eigenvalue weighted by Crippen LogP contribution is -2.52. The van der Waals surface area contributed by atoms with E-state index in [2.05, 4.69) is 20.9 Å². The maximum absolute atomic E-state index is 13.8. The number of para-hydroxylation sites is 1. The van der Waals surface area contributed by atoms with Gasteiger partial charge in [0.15, 0.2) is 17.7 Å². The first-order valence-electron chi connectivity index (χ1n) is 14.5. The Bertz CT molecular complexity index is 1710. The Kier molecular flexibility index (Phi) is 6.31. The number of aromatic nitrogens is 2. The second kappa shape index (κ2) is 9.98. The molecular weight excluding hydrogens is 550 g/mol. The molecular formula is C32H33N5O6. The van der Waals surface area contributed by atoms with E-state index in [9.17, 15) is 14.7 Å². The first-order chi connectivity index (χ1) is 20.7. The Hall–Kier alpha value is -4.64.